The van der Waals surface area contributed by atoms with Crippen LogP contribution in [0, 0.1) is 13.8 Å². The van der Waals surface area contributed by atoms with E-state index in [2.05, 4.69) is 52.7 Å². The number of H-pyrrole nitrogens is 1. The van der Waals surface area contributed by atoms with Gasteiger partial charge >= 0.3 is 0 Å². The molecule has 0 saturated carbocycles. The van der Waals surface area contributed by atoms with E-state index in [9.17, 15) is 0 Å². The van der Waals surface area contributed by atoms with Crippen LogP contribution in [-0.2, 0) is 13.6 Å². The third-order valence-electron chi connectivity index (χ3n) is 5.51. The van der Waals surface area contributed by atoms with Gasteiger partial charge < -0.3 is 10.3 Å². The molecule has 0 saturated heterocycles. The zero-order chi connectivity index (χ0) is 21.4. The molecule has 0 atom stereocenters. The van der Waals surface area contributed by atoms with Crippen molar-refractivity contribution < 1.29 is 0 Å². The number of fused-ring (bicyclic) bond motifs is 1. The third-order valence-corrected chi connectivity index (χ3v) is 5.51. The standard InChI is InChI=1S/C25H24N6/c1-16-7-4-5-9-20(16)26-15-23-29-24(25(30-23)21-10-6-8-17(2)28-21)18-11-12-22-19(13-18)14-27-31(22)3/h4-14,26H,15H2,1-3H3,(H,29,30). The number of hydrogen-bond acceptors (Lipinski definition) is 4. The van der Waals surface area contributed by atoms with Crippen LogP contribution in [0.2, 0.25) is 0 Å². The Labute approximate surface area is 181 Å². The largest absolute Gasteiger partial charge is 0.378 e. The molecule has 0 radical (unpaired) electrons. The van der Waals surface area contributed by atoms with Crippen molar-refractivity contribution in [3.63, 3.8) is 0 Å². The van der Waals surface area contributed by atoms with Crippen LogP contribution in [-0.4, -0.2) is 24.7 Å². The first-order chi connectivity index (χ1) is 15.1. The van der Waals surface area contributed by atoms with Gasteiger partial charge in [0.25, 0.3) is 0 Å². The molecule has 0 aliphatic carbocycles. The van der Waals surface area contributed by atoms with E-state index >= 15 is 0 Å². The Morgan fingerprint density at radius 2 is 1.84 bits per heavy atom. The Morgan fingerprint density at radius 1 is 0.968 bits per heavy atom. The molecule has 3 aromatic heterocycles. The van der Waals surface area contributed by atoms with Crippen molar-refractivity contribution in [3.8, 4) is 22.6 Å². The zero-order valence-corrected chi connectivity index (χ0v) is 17.8. The molecule has 6 heteroatoms. The third kappa shape index (κ3) is 3.68. The van der Waals surface area contributed by atoms with Crippen molar-refractivity contribution in [1.82, 2.24) is 24.7 Å². The molecular weight excluding hydrogens is 384 g/mol. The number of nitrogens with one attached hydrogen (secondary N) is 2. The maximum atomic E-state index is 4.96. The molecule has 0 aliphatic heterocycles. The number of hydrogen-bond donors (Lipinski definition) is 2. The van der Waals surface area contributed by atoms with Crippen LogP contribution >= 0.6 is 0 Å². The summed E-state index contributed by atoms with van der Waals surface area (Å²) < 4.78 is 1.88. The topological polar surface area (TPSA) is 71.4 Å². The monoisotopic (exact) mass is 408 g/mol. The quantitative estimate of drug-likeness (QED) is 0.416. The van der Waals surface area contributed by atoms with E-state index in [0.29, 0.717) is 6.54 Å². The van der Waals surface area contributed by atoms with Gasteiger partial charge in [0.05, 0.1) is 35.3 Å². The lowest BCUT2D eigenvalue weighted by molar-refractivity contribution is 0.797. The van der Waals surface area contributed by atoms with Gasteiger partial charge in [-0.2, -0.15) is 5.10 Å². The summed E-state index contributed by atoms with van der Waals surface area (Å²) in [7, 11) is 1.95. The molecule has 3 heterocycles. The van der Waals surface area contributed by atoms with Crippen molar-refractivity contribution in [2.24, 2.45) is 7.05 Å². The Morgan fingerprint density at radius 3 is 2.68 bits per heavy atom. The first kappa shape index (κ1) is 19.1. The molecule has 0 amide bonds. The lowest BCUT2D eigenvalue weighted by atomic mass is 10.1. The molecule has 6 nitrogen and oxygen atoms in total. The second-order valence-corrected chi connectivity index (χ2v) is 7.78. The number of pyridine rings is 1. The highest BCUT2D eigenvalue weighted by Crippen LogP contribution is 2.31. The molecule has 31 heavy (non-hydrogen) atoms. The van der Waals surface area contributed by atoms with Crippen LogP contribution in [0.4, 0.5) is 5.69 Å². The summed E-state index contributed by atoms with van der Waals surface area (Å²) in [5, 5.41) is 8.94. The number of aryl methyl sites for hydroxylation is 3. The van der Waals surface area contributed by atoms with E-state index in [1.807, 2.05) is 55.2 Å². The summed E-state index contributed by atoms with van der Waals surface area (Å²) in [6, 6.07) is 20.6. The Hall–Kier alpha value is -3.93. The molecule has 5 aromatic rings. The molecular formula is C25H24N6. The number of imidazole rings is 1. The fraction of sp³-hybridized carbons (Fsp3) is 0.160. The maximum absolute atomic E-state index is 4.96. The highest BCUT2D eigenvalue weighted by molar-refractivity contribution is 5.87. The van der Waals surface area contributed by atoms with Crippen LogP contribution in [0.3, 0.4) is 0 Å². The maximum Gasteiger partial charge on any atom is 0.126 e. The summed E-state index contributed by atoms with van der Waals surface area (Å²) in [5.74, 6) is 0.864. The Kier molecular flexibility index (Phi) is 4.75. The van der Waals surface area contributed by atoms with Crippen molar-refractivity contribution in [2.45, 2.75) is 20.4 Å². The van der Waals surface area contributed by atoms with E-state index in [1.165, 1.54) is 5.56 Å². The van der Waals surface area contributed by atoms with Gasteiger partial charge in [-0.15, -0.1) is 0 Å². The number of anilines is 1. The molecule has 154 valence electrons. The second kappa shape index (κ2) is 7.72. The summed E-state index contributed by atoms with van der Waals surface area (Å²) in [6.07, 6.45) is 1.89. The fourth-order valence-corrected chi connectivity index (χ4v) is 3.84. The van der Waals surface area contributed by atoms with Gasteiger partial charge in [-0.05, 0) is 49.7 Å². The van der Waals surface area contributed by atoms with E-state index in [-0.39, 0.29) is 0 Å². The van der Waals surface area contributed by atoms with Gasteiger partial charge in [0.15, 0.2) is 0 Å². The molecule has 5 rings (SSSR count). The summed E-state index contributed by atoms with van der Waals surface area (Å²) >= 11 is 0. The van der Waals surface area contributed by atoms with Crippen LogP contribution in [0.15, 0.2) is 66.9 Å². The molecule has 0 spiro atoms. The van der Waals surface area contributed by atoms with Gasteiger partial charge in [0.1, 0.15) is 5.82 Å². The van der Waals surface area contributed by atoms with Crippen molar-refractivity contribution in [1.29, 1.82) is 0 Å². The van der Waals surface area contributed by atoms with E-state index in [4.69, 9.17) is 9.97 Å². The van der Waals surface area contributed by atoms with Crippen LogP contribution in [0.5, 0.6) is 0 Å². The molecule has 0 bridgehead atoms. The van der Waals surface area contributed by atoms with Gasteiger partial charge in [-0.3, -0.25) is 9.67 Å². The average Bonchev–Trinajstić information content (AvgIpc) is 3.37. The van der Waals surface area contributed by atoms with Gasteiger partial charge in [-0.25, -0.2) is 4.98 Å². The predicted octanol–water partition coefficient (Wildman–Crippen LogP) is 5.25. The molecule has 2 aromatic carbocycles. The number of aromatic nitrogens is 5. The molecule has 0 aliphatic rings. The predicted molar refractivity (Wildman–Crippen MR) is 125 cm³/mol. The fourth-order valence-electron chi connectivity index (χ4n) is 3.84. The first-order valence-electron chi connectivity index (χ1n) is 10.3. The summed E-state index contributed by atoms with van der Waals surface area (Å²) in [6.45, 7) is 4.70. The number of para-hydroxylation sites is 1. The molecule has 0 unspecified atom stereocenters. The number of rotatable bonds is 5. The molecule has 2 N–H and O–H groups in total. The highest BCUT2D eigenvalue weighted by Gasteiger charge is 2.16. The summed E-state index contributed by atoms with van der Waals surface area (Å²) in [4.78, 5) is 13.2. The van der Waals surface area contributed by atoms with Crippen molar-refractivity contribution >= 4 is 16.6 Å². The number of aromatic amines is 1. The average molecular weight is 409 g/mol. The van der Waals surface area contributed by atoms with Gasteiger partial charge in [-0.1, -0.05) is 30.3 Å². The van der Waals surface area contributed by atoms with Gasteiger partial charge in [0, 0.05) is 29.4 Å². The van der Waals surface area contributed by atoms with E-state index in [1.54, 1.807) is 0 Å². The lowest BCUT2D eigenvalue weighted by Crippen LogP contribution is -2.02. The Bertz CT molecular complexity index is 1380. The van der Waals surface area contributed by atoms with Crippen LogP contribution in [0.1, 0.15) is 17.1 Å². The number of nitrogens with zero attached hydrogens (tertiary/aromatic N) is 4. The van der Waals surface area contributed by atoms with Crippen molar-refractivity contribution in [2.75, 3.05) is 5.32 Å². The van der Waals surface area contributed by atoms with Gasteiger partial charge in [0.2, 0.25) is 0 Å². The first-order valence-corrected chi connectivity index (χ1v) is 10.3. The minimum absolute atomic E-state index is 0.596. The zero-order valence-electron chi connectivity index (χ0n) is 17.8. The normalized spacial score (nSPS) is 11.2. The van der Waals surface area contributed by atoms with Crippen LogP contribution in [0.25, 0.3) is 33.5 Å². The van der Waals surface area contributed by atoms with E-state index in [0.717, 1.165) is 50.8 Å². The minimum atomic E-state index is 0.596. The van der Waals surface area contributed by atoms with Crippen molar-refractivity contribution in [3.05, 3.63) is 83.9 Å². The highest BCUT2D eigenvalue weighted by atomic mass is 15.2. The Balaban J connectivity index is 1.57. The molecule has 0 fully saturated rings. The lowest BCUT2D eigenvalue weighted by Gasteiger charge is -2.07. The second-order valence-electron chi connectivity index (χ2n) is 7.78. The SMILES string of the molecule is Cc1cccc(-c2[nH]c(CNc3ccccc3C)nc2-c2ccc3c(cnn3C)c2)n1. The number of benzene rings is 2. The van der Waals surface area contributed by atoms with E-state index < -0.39 is 0 Å². The smallest absolute Gasteiger partial charge is 0.126 e. The van der Waals surface area contributed by atoms with Crippen LogP contribution < -0.4 is 5.32 Å². The summed E-state index contributed by atoms with van der Waals surface area (Å²) in [5.41, 5.74) is 8.12. The minimum Gasteiger partial charge on any atom is -0.378 e.